The van der Waals surface area contributed by atoms with E-state index in [1.807, 2.05) is 62.4 Å². The number of hydrogen-bond donors (Lipinski definition) is 1. The van der Waals surface area contributed by atoms with Crippen molar-refractivity contribution in [1.82, 2.24) is 4.98 Å². The first kappa shape index (κ1) is 21.5. The average Bonchev–Trinajstić information content (AvgIpc) is 3.28. The van der Waals surface area contributed by atoms with Gasteiger partial charge in [0.2, 0.25) is 5.89 Å². The van der Waals surface area contributed by atoms with Crippen molar-refractivity contribution in [2.75, 3.05) is 5.32 Å². The molecule has 1 heterocycles. The zero-order chi connectivity index (χ0) is 23.5. The molecule has 0 saturated carbocycles. The molecule has 0 aliphatic heterocycles. The molecule has 0 aliphatic carbocycles. The van der Waals surface area contributed by atoms with E-state index in [0.717, 1.165) is 22.4 Å². The van der Waals surface area contributed by atoms with Gasteiger partial charge in [-0.15, -0.1) is 0 Å². The molecule has 1 N–H and O–H groups in total. The van der Waals surface area contributed by atoms with Crippen LogP contribution in [0.1, 0.15) is 24.2 Å². The van der Waals surface area contributed by atoms with Crippen LogP contribution < -0.4 is 10.1 Å². The highest BCUT2D eigenvalue weighted by molar-refractivity contribution is 6.05. The van der Waals surface area contributed by atoms with Crippen molar-refractivity contribution in [3.8, 4) is 28.3 Å². The van der Waals surface area contributed by atoms with Crippen LogP contribution in [0.4, 0.5) is 5.69 Å². The zero-order valence-electron chi connectivity index (χ0n) is 19.0. The summed E-state index contributed by atoms with van der Waals surface area (Å²) in [6.45, 7) is 3.93. The van der Waals surface area contributed by atoms with E-state index >= 15 is 0 Å². The number of oxazole rings is 1. The lowest BCUT2D eigenvalue weighted by molar-refractivity contribution is 0.102. The van der Waals surface area contributed by atoms with Crippen molar-refractivity contribution in [2.45, 2.75) is 20.0 Å². The summed E-state index contributed by atoms with van der Waals surface area (Å²) in [5.41, 5.74) is 5.74. The number of rotatable bonds is 6. The van der Waals surface area contributed by atoms with Crippen LogP contribution in [0.5, 0.6) is 5.75 Å². The average molecular weight is 449 g/mol. The third-order valence-electron chi connectivity index (χ3n) is 5.37. The van der Waals surface area contributed by atoms with Crippen LogP contribution in [0, 0.1) is 0 Å². The lowest BCUT2D eigenvalue weighted by Crippen LogP contribution is -2.12. The van der Waals surface area contributed by atoms with Gasteiger partial charge >= 0.3 is 0 Å². The first-order valence-corrected chi connectivity index (χ1v) is 11.2. The molecule has 0 aliphatic rings. The molecule has 5 aromatic rings. The number of aromatic nitrogens is 1. The Morgan fingerprint density at radius 2 is 1.50 bits per heavy atom. The van der Waals surface area contributed by atoms with Gasteiger partial charge < -0.3 is 14.5 Å². The number of carbonyl (C=O) groups excluding carboxylic acids is 1. The molecule has 0 bridgehead atoms. The van der Waals surface area contributed by atoms with E-state index in [1.165, 1.54) is 0 Å². The van der Waals surface area contributed by atoms with Gasteiger partial charge in [-0.1, -0.05) is 42.5 Å². The number of nitrogens with zero attached hydrogens (tertiary/aromatic N) is 1. The predicted octanol–water partition coefficient (Wildman–Crippen LogP) is 7.20. The van der Waals surface area contributed by atoms with Crippen molar-refractivity contribution >= 4 is 22.7 Å². The summed E-state index contributed by atoms with van der Waals surface area (Å²) < 4.78 is 11.6. The SMILES string of the molecule is CC(C)Oc1ccc(C(=O)Nc2ccc3oc(-c4ccc(-c5ccccc5)cc4)nc3c2)cc1. The number of anilines is 1. The van der Waals surface area contributed by atoms with E-state index in [-0.39, 0.29) is 12.0 Å². The minimum Gasteiger partial charge on any atom is -0.491 e. The fourth-order valence-corrected chi connectivity index (χ4v) is 3.72. The van der Waals surface area contributed by atoms with Gasteiger partial charge in [0, 0.05) is 16.8 Å². The Bertz CT molecular complexity index is 1420. The highest BCUT2D eigenvalue weighted by atomic mass is 16.5. The first-order valence-electron chi connectivity index (χ1n) is 11.2. The molecule has 1 amide bonds. The van der Waals surface area contributed by atoms with Crippen LogP contribution in [0.3, 0.4) is 0 Å². The number of hydrogen-bond acceptors (Lipinski definition) is 4. The molecular weight excluding hydrogens is 424 g/mol. The molecule has 0 atom stereocenters. The number of ether oxygens (including phenoxy) is 1. The number of amides is 1. The molecular formula is C29H24N2O3. The Morgan fingerprint density at radius 1 is 0.824 bits per heavy atom. The minimum absolute atomic E-state index is 0.0838. The third-order valence-corrected chi connectivity index (χ3v) is 5.37. The summed E-state index contributed by atoms with van der Waals surface area (Å²) in [7, 11) is 0. The molecule has 34 heavy (non-hydrogen) atoms. The molecule has 1 aromatic heterocycles. The number of fused-ring (bicyclic) bond motifs is 1. The summed E-state index contributed by atoms with van der Waals surface area (Å²) in [6, 6.07) is 30.9. The molecule has 0 radical (unpaired) electrons. The van der Waals surface area contributed by atoms with Gasteiger partial charge in [-0.25, -0.2) is 4.98 Å². The van der Waals surface area contributed by atoms with Crippen LogP contribution in [0.15, 0.2) is 101 Å². The van der Waals surface area contributed by atoms with Crippen molar-refractivity contribution in [3.63, 3.8) is 0 Å². The van der Waals surface area contributed by atoms with Crippen LogP contribution in [-0.4, -0.2) is 17.0 Å². The molecule has 5 nitrogen and oxygen atoms in total. The van der Waals surface area contributed by atoms with Crippen LogP contribution >= 0.6 is 0 Å². The highest BCUT2D eigenvalue weighted by Gasteiger charge is 2.12. The summed E-state index contributed by atoms with van der Waals surface area (Å²) in [6.07, 6.45) is 0.0838. The van der Waals surface area contributed by atoms with Gasteiger partial charge in [0.15, 0.2) is 5.58 Å². The summed E-state index contributed by atoms with van der Waals surface area (Å²) in [4.78, 5) is 17.3. The summed E-state index contributed by atoms with van der Waals surface area (Å²) in [5, 5.41) is 2.92. The maximum Gasteiger partial charge on any atom is 0.255 e. The largest absolute Gasteiger partial charge is 0.491 e. The zero-order valence-corrected chi connectivity index (χ0v) is 19.0. The summed E-state index contributed by atoms with van der Waals surface area (Å²) >= 11 is 0. The highest BCUT2D eigenvalue weighted by Crippen LogP contribution is 2.28. The second-order valence-corrected chi connectivity index (χ2v) is 8.29. The molecule has 0 spiro atoms. The Morgan fingerprint density at radius 3 is 2.21 bits per heavy atom. The minimum atomic E-state index is -0.198. The predicted molar refractivity (Wildman–Crippen MR) is 135 cm³/mol. The molecule has 5 heteroatoms. The van der Waals surface area contributed by atoms with Gasteiger partial charge in [-0.2, -0.15) is 0 Å². The van der Waals surface area contributed by atoms with E-state index in [0.29, 0.717) is 28.2 Å². The molecule has 0 unspecified atom stereocenters. The topological polar surface area (TPSA) is 64.4 Å². The smallest absolute Gasteiger partial charge is 0.255 e. The standard InChI is InChI=1S/C29H24N2O3/c1-19(2)33-25-15-12-22(13-16-25)28(32)30-24-14-17-27-26(18-24)31-29(34-27)23-10-8-21(9-11-23)20-6-4-3-5-7-20/h3-19H,1-2H3,(H,30,32). The lowest BCUT2D eigenvalue weighted by atomic mass is 10.0. The molecule has 4 aromatic carbocycles. The molecule has 5 rings (SSSR count). The fraction of sp³-hybridized carbons (Fsp3) is 0.103. The normalized spacial score (nSPS) is 11.0. The van der Waals surface area contributed by atoms with Crippen molar-refractivity contribution in [3.05, 3.63) is 103 Å². The van der Waals surface area contributed by atoms with Gasteiger partial charge in [-0.3, -0.25) is 4.79 Å². The van der Waals surface area contributed by atoms with Crippen LogP contribution in [-0.2, 0) is 0 Å². The molecule has 0 fully saturated rings. The number of benzene rings is 4. The van der Waals surface area contributed by atoms with Crippen LogP contribution in [0.2, 0.25) is 0 Å². The Balaban J connectivity index is 1.32. The summed E-state index contributed by atoms with van der Waals surface area (Å²) in [5.74, 6) is 1.08. The van der Waals surface area contributed by atoms with E-state index in [1.54, 1.807) is 24.3 Å². The second-order valence-electron chi connectivity index (χ2n) is 8.29. The fourth-order valence-electron chi connectivity index (χ4n) is 3.72. The Kier molecular flexibility index (Phi) is 5.83. The van der Waals surface area contributed by atoms with E-state index < -0.39 is 0 Å². The van der Waals surface area contributed by atoms with Crippen LogP contribution in [0.25, 0.3) is 33.7 Å². The van der Waals surface area contributed by atoms with Crippen molar-refractivity contribution < 1.29 is 13.9 Å². The van der Waals surface area contributed by atoms with Gasteiger partial charge in [0.1, 0.15) is 11.3 Å². The number of carbonyl (C=O) groups is 1. The third kappa shape index (κ3) is 4.69. The first-order chi connectivity index (χ1) is 16.5. The Labute approximate surface area is 198 Å². The maximum absolute atomic E-state index is 12.7. The molecule has 168 valence electrons. The maximum atomic E-state index is 12.7. The van der Waals surface area contributed by atoms with E-state index in [2.05, 4.69) is 34.6 Å². The van der Waals surface area contributed by atoms with Crippen molar-refractivity contribution in [1.29, 1.82) is 0 Å². The molecule has 0 saturated heterocycles. The van der Waals surface area contributed by atoms with Gasteiger partial charge in [0.05, 0.1) is 6.10 Å². The van der Waals surface area contributed by atoms with E-state index in [4.69, 9.17) is 9.15 Å². The second kappa shape index (κ2) is 9.24. The lowest BCUT2D eigenvalue weighted by Gasteiger charge is -2.10. The van der Waals surface area contributed by atoms with Crippen molar-refractivity contribution in [2.24, 2.45) is 0 Å². The van der Waals surface area contributed by atoms with Gasteiger partial charge in [-0.05, 0) is 79.6 Å². The quantitative estimate of drug-likeness (QED) is 0.298. The monoisotopic (exact) mass is 448 g/mol. The van der Waals surface area contributed by atoms with Gasteiger partial charge in [0.25, 0.3) is 5.91 Å². The number of nitrogens with one attached hydrogen (secondary N) is 1. The Hall–Kier alpha value is -4.38. The van der Waals surface area contributed by atoms with E-state index in [9.17, 15) is 4.79 Å².